The molecule has 1 aromatic heterocycles. The summed E-state index contributed by atoms with van der Waals surface area (Å²) in [6, 6.07) is 2.95. The van der Waals surface area contributed by atoms with Gasteiger partial charge in [0.1, 0.15) is 5.69 Å². The molecule has 1 amide bonds. The number of carbonyl (C=O) groups is 1. The maximum absolute atomic E-state index is 12.8. The van der Waals surface area contributed by atoms with Crippen LogP contribution in [0.25, 0.3) is 0 Å². The van der Waals surface area contributed by atoms with Gasteiger partial charge in [-0.1, -0.05) is 0 Å². The number of aryl methyl sites for hydroxylation is 1. The van der Waals surface area contributed by atoms with E-state index in [0.29, 0.717) is 18.2 Å². The van der Waals surface area contributed by atoms with Crippen LogP contribution in [0.4, 0.5) is 8.78 Å². The zero-order valence-corrected chi connectivity index (χ0v) is 10.9. The third kappa shape index (κ3) is 3.32. The van der Waals surface area contributed by atoms with Crippen LogP contribution in [0.15, 0.2) is 12.1 Å². The van der Waals surface area contributed by atoms with Gasteiger partial charge in [-0.15, -0.1) is 0 Å². The van der Waals surface area contributed by atoms with E-state index in [1.165, 1.54) is 12.1 Å². The average Bonchev–Trinajstić information content (AvgIpc) is 2.97. The van der Waals surface area contributed by atoms with E-state index < -0.39 is 12.5 Å². The molecule has 1 aromatic rings. The number of rotatable bonds is 5. The molecule has 6 heteroatoms. The third-order valence-corrected chi connectivity index (χ3v) is 3.41. The third-order valence-electron chi connectivity index (χ3n) is 3.41. The van der Waals surface area contributed by atoms with E-state index in [0.717, 1.165) is 30.6 Å². The van der Waals surface area contributed by atoms with Crippen LogP contribution in [0.1, 0.15) is 35.6 Å². The lowest BCUT2D eigenvalue weighted by Crippen LogP contribution is -2.28. The monoisotopic (exact) mass is 272 g/mol. The smallest absolute Gasteiger partial charge is 0.319 e. The number of nitrogens with one attached hydrogen (secondary N) is 1. The Labute approximate surface area is 110 Å². The lowest BCUT2D eigenvalue weighted by Gasteiger charge is -2.12. The zero-order chi connectivity index (χ0) is 13.8. The Morgan fingerprint density at radius 2 is 2.37 bits per heavy atom. The van der Waals surface area contributed by atoms with Crippen LogP contribution in [-0.2, 0) is 4.74 Å². The molecule has 1 aliphatic rings. The van der Waals surface area contributed by atoms with Gasteiger partial charge in [0.05, 0.1) is 0 Å². The molecule has 1 atom stereocenters. The van der Waals surface area contributed by atoms with E-state index in [9.17, 15) is 13.6 Å². The van der Waals surface area contributed by atoms with Gasteiger partial charge < -0.3 is 10.1 Å². The van der Waals surface area contributed by atoms with Crippen LogP contribution >= 0.6 is 0 Å². The van der Waals surface area contributed by atoms with Crippen molar-refractivity contribution in [3.05, 3.63) is 23.5 Å². The Morgan fingerprint density at radius 3 is 3.00 bits per heavy atom. The van der Waals surface area contributed by atoms with Crippen molar-refractivity contribution >= 4 is 5.91 Å². The molecule has 0 spiro atoms. The van der Waals surface area contributed by atoms with Crippen molar-refractivity contribution in [3.8, 4) is 0 Å². The first-order valence-electron chi connectivity index (χ1n) is 6.41. The molecule has 0 bridgehead atoms. The van der Waals surface area contributed by atoms with Gasteiger partial charge in [0.2, 0.25) is 0 Å². The van der Waals surface area contributed by atoms with Crippen molar-refractivity contribution in [2.75, 3.05) is 19.8 Å². The van der Waals surface area contributed by atoms with Crippen LogP contribution in [0.5, 0.6) is 0 Å². The predicted molar refractivity (Wildman–Crippen MR) is 66.3 cm³/mol. The molecule has 1 aliphatic heterocycles. The Kier molecular flexibility index (Phi) is 4.52. The Morgan fingerprint density at radius 1 is 1.58 bits per heavy atom. The van der Waals surface area contributed by atoms with E-state index in [1.807, 2.05) is 0 Å². The summed E-state index contributed by atoms with van der Waals surface area (Å²) in [7, 11) is 0. The SMILES string of the molecule is Cc1ccc(C(=O)NCC[C@@H]2CCOC2)n1C(F)F. The van der Waals surface area contributed by atoms with Crippen molar-refractivity contribution in [3.63, 3.8) is 0 Å². The second-order valence-electron chi connectivity index (χ2n) is 4.78. The Bertz CT molecular complexity index is 440. The summed E-state index contributed by atoms with van der Waals surface area (Å²) in [5.41, 5.74) is 0.388. The molecular weight excluding hydrogens is 254 g/mol. The molecule has 1 fully saturated rings. The lowest BCUT2D eigenvalue weighted by atomic mass is 10.1. The fourth-order valence-corrected chi connectivity index (χ4v) is 2.29. The standard InChI is InChI=1S/C13H18F2N2O2/c1-9-2-3-11(17(9)13(14)15)12(18)16-6-4-10-5-7-19-8-10/h2-3,10,13H,4-8H2,1H3,(H,16,18)/t10-/m1/s1. The summed E-state index contributed by atoms with van der Waals surface area (Å²) >= 11 is 0. The molecule has 0 aliphatic carbocycles. The van der Waals surface area contributed by atoms with Gasteiger partial charge in [0.15, 0.2) is 0 Å². The summed E-state index contributed by atoms with van der Waals surface area (Å²) in [6.07, 6.45) is 1.82. The van der Waals surface area contributed by atoms with Gasteiger partial charge >= 0.3 is 6.55 Å². The van der Waals surface area contributed by atoms with E-state index in [1.54, 1.807) is 6.92 Å². The molecule has 0 aromatic carbocycles. The molecular formula is C13H18F2N2O2. The highest BCUT2D eigenvalue weighted by molar-refractivity contribution is 5.92. The lowest BCUT2D eigenvalue weighted by molar-refractivity contribution is 0.0617. The highest BCUT2D eigenvalue weighted by Crippen LogP contribution is 2.19. The quantitative estimate of drug-likeness (QED) is 0.894. The number of hydrogen-bond acceptors (Lipinski definition) is 2. The summed E-state index contributed by atoms with van der Waals surface area (Å²) in [5, 5.41) is 2.69. The largest absolute Gasteiger partial charge is 0.381 e. The molecule has 1 N–H and O–H groups in total. The minimum atomic E-state index is -2.70. The number of nitrogens with zero attached hydrogens (tertiary/aromatic N) is 1. The normalized spacial score (nSPS) is 19.1. The highest BCUT2D eigenvalue weighted by Gasteiger charge is 2.20. The van der Waals surface area contributed by atoms with Crippen LogP contribution < -0.4 is 5.32 Å². The molecule has 0 unspecified atom stereocenters. The second kappa shape index (κ2) is 6.14. The van der Waals surface area contributed by atoms with Crippen LogP contribution in [0, 0.1) is 12.8 Å². The molecule has 1 saturated heterocycles. The van der Waals surface area contributed by atoms with Gasteiger partial charge in [-0.2, -0.15) is 8.78 Å². The summed E-state index contributed by atoms with van der Waals surface area (Å²) in [6.45, 7) is 0.840. The van der Waals surface area contributed by atoms with Crippen LogP contribution in [-0.4, -0.2) is 30.2 Å². The van der Waals surface area contributed by atoms with Gasteiger partial charge in [-0.3, -0.25) is 9.36 Å². The highest BCUT2D eigenvalue weighted by atomic mass is 19.3. The summed E-state index contributed by atoms with van der Waals surface area (Å²) in [4.78, 5) is 11.9. The van der Waals surface area contributed by atoms with Gasteiger partial charge in [0.25, 0.3) is 5.91 Å². The molecule has 0 radical (unpaired) electrons. The topological polar surface area (TPSA) is 43.3 Å². The fraction of sp³-hybridized carbons (Fsp3) is 0.615. The minimum absolute atomic E-state index is 0.00942. The molecule has 19 heavy (non-hydrogen) atoms. The summed E-state index contributed by atoms with van der Waals surface area (Å²) < 4.78 is 31.6. The first-order valence-corrected chi connectivity index (χ1v) is 6.41. The van der Waals surface area contributed by atoms with Crippen molar-refractivity contribution in [2.45, 2.75) is 26.3 Å². The Hall–Kier alpha value is -1.43. The van der Waals surface area contributed by atoms with E-state index in [-0.39, 0.29) is 5.69 Å². The van der Waals surface area contributed by atoms with E-state index >= 15 is 0 Å². The first kappa shape index (κ1) is 14.0. The molecule has 106 valence electrons. The zero-order valence-electron chi connectivity index (χ0n) is 10.9. The average molecular weight is 272 g/mol. The minimum Gasteiger partial charge on any atom is -0.381 e. The number of halogens is 2. The summed E-state index contributed by atoms with van der Waals surface area (Å²) in [5.74, 6) is 0.0104. The number of carbonyl (C=O) groups excluding carboxylic acids is 1. The molecule has 2 heterocycles. The number of amides is 1. The van der Waals surface area contributed by atoms with Crippen LogP contribution in [0.3, 0.4) is 0 Å². The second-order valence-corrected chi connectivity index (χ2v) is 4.78. The first-order chi connectivity index (χ1) is 9.09. The number of hydrogen-bond donors (Lipinski definition) is 1. The maximum Gasteiger partial charge on any atom is 0.319 e. The molecule has 0 saturated carbocycles. The fourth-order valence-electron chi connectivity index (χ4n) is 2.29. The predicted octanol–water partition coefficient (Wildman–Crippen LogP) is 2.35. The van der Waals surface area contributed by atoms with Crippen molar-refractivity contribution in [1.82, 2.24) is 9.88 Å². The van der Waals surface area contributed by atoms with Crippen molar-refractivity contribution < 1.29 is 18.3 Å². The van der Waals surface area contributed by atoms with E-state index in [2.05, 4.69) is 5.32 Å². The number of aromatic nitrogens is 1. The van der Waals surface area contributed by atoms with Crippen molar-refractivity contribution in [2.24, 2.45) is 5.92 Å². The van der Waals surface area contributed by atoms with E-state index in [4.69, 9.17) is 4.74 Å². The van der Waals surface area contributed by atoms with Crippen molar-refractivity contribution in [1.29, 1.82) is 0 Å². The maximum atomic E-state index is 12.8. The molecule has 4 nitrogen and oxygen atoms in total. The number of alkyl halides is 2. The Balaban J connectivity index is 1.89. The van der Waals surface area contributed by atoms with Gasteiger partial charge in [0, 0.05) is 25.5 Å². The van der Waals surface area contributed by atoms with Gasteiger partial charge in [-0.05, 0) is 37.8 Å². The number of ether oxygens (including phenoxy) is 1. The molecule has 2 rings (SSSR count). The van der Waals surface area contributed by atoms with Gasteiger partial charge in [-0.25, -0.2) is 0 Å². The van der Waals surface area contributed by atoms with Crippen LogP contribution in [0.2, 0.25) is 0 Å².